The minimum atomic E-state index is -1.21. The highest BCUT2D eigenvalue weighted by atomic mass is 35.5. The lowest BCUT2D eigenvalue weighted by atomic mass is 10.00. The molecule has 5 N–H and O–H groups in total. The summed E-state index contributed by atoms with van der Waals surface area (Å²) in [6, 6.07) is 0. The molecule has 0 radical (unpaired) electrons. The zero-order valence-corrected chi connectivity index (χ0v) is 11.0. The fraction of sp³-hybridized carbons (Fsp3) is 0.556. The Balaban J connectivity index is -0.000000845. The molecule has 0 rings (SSSR count). The normalized spacial score (nSPS) is 14.8. The molecule has 0 aromatic carbocycles. The molecule has 0 saturated carbocycles. The van der Waals surface area contributed by atoms with Gasteiger partial charge in [-0.1, -0.05) is 12.2 Å². The van der Waals surface area contributed by atoms with Gasteiger partial charge in [0.1, 0.15) is 5.54 Å². The number of carbonyl (C=O) groups is 1. The van der Waals surface area contributed by atoms with E-state index in [1.54, 1.807) is 19.1 Å². The van der Waals surface area contributed by atoms with E-state index >= 15 is 0 Å². The summed E-state index contributed by atoms with van der Waals surface area (Å²) in [5.74, 6) is -0.510. The summed E-state index contributed by atoms with van der Waals surface area (Å²) < 4.78 is 0. The first-order valence-corrected chi connectivity index (χ1v) is 4.30. The van der Waals surface area contributed by atoms with Gasteiger partial charge in [-0.25, -0.2) is 0 Å². The maximum Gasteiger partial charge on any atom is 0.323 e. The summed E-state index contributed by atoms with van der Waals surface area (Å²) in [7, 11) is 0. The lowest BCUT2D eigenvalue weighted by Gasteiger charge is -2.15. The van der Waals surface area contributed by atoms with E-state index in [0.717, 1.165) is 0 Å². The van der Waals surface area contributed by atoms with Crippen LogP contribution in [0, 0.1) is 0 Å². The Hall–Kier alpha value is -0.780. The van der Waals surface area contributed by atoms with E-state index < -0.39 is 11.5 Å². The third-order valence-electron chi connectivity index (χ3n) is 1.64. The molecule has 96 valence electrons. The molecule has 0 spiro atoms. The highest BCUT2D eigenvalue weighted by Gasteiger charge is 2.25. The van der Waals surface area contributed by atoms with Crippen molar-refractivity contribution in [1.82, 2.24) is 0 Å². The third-order valence-corrected chi connectivity index (χ3v) is 1.64. The zero-order chi connectivity index (χ0) is 11.2. The van der Waals surface area contributed by atoms with E-state index in [2.05, 4.69) is 4.99 Å². The molecule has 1 atom stereocenters. The Morgan fingerprint density at radius 3 is 2.31 bits per heavy atom. The fourth-order valence-electron chi connectivity index (χ4n) is 0.687. The number of nitrogens with zero attached hydrogens (tertiary/aromatic N) is 1. The Morgan fingerprint density at radius 1 is 1.44 bits per heavy atom. The van der Waals surface area contributed by atoms with Gasteiger partial charge in [-0.3, -0.25) is 9.79 Å². The van der Waals surface area contributed by atoms with Crippen LogP contribution in [0.25, 0.3) is 0 Å². The molecular weight excluding hydrogens is 253 g/mol. The molecule has 0 aliphatic carbocycles. The fourth-order valence-corrected chi connectivity index (χ4v) is 0.687. The topological polar surface area (TPSA) is 102 Å². The van der Waals surface area contributed by atoms with Crippen LogP contribution >= 0.6 is 24.8 Å². The van der Waals surface area contributed by atoms with Gasteiger partial charge in [0, 0.05) is 0 Å². The van der Waals surface area contributed by atoms with Gasteiger partial charge in [0.05, 0.1) is 12.4 Å². The summed E-state index contributed by atoms with van der Waals surface area (Å²) in [5.41, 5.74) is 9.59. The SMILES string of the molecule is CC(N)=NC/C=C/C[C@@](C)(N)C(=O)O.Cl.Cl. The van der Waals surface area contributed by atoms with Gasteiger partial charge in [-0.2, -0.15) is 0 Å². The molecule has 0 fully saturated rings. The molecule has 0 aliphatic rings. The van der Waals surface area contributed by atoms with Gasteiger partial charge in [-0.05, 0) is 20.3 Å². The molecule has 0 aliphatic heterocycles. The van der Waals surface area contributed by atoms with Crippen LogP contribution in [0.5, 0.6) is 0 Å². The monoisotopic (exact) mass is 271 g/mol. The van der Waals surface area contributed by atoms with Crippen molar-refractivity contribution in [3.05, 3.63) is 12.2 Å². The van der Waals surface area contributed by atoms with E-state index in [1.807, 2.05) is 0 Å². The van der Waals surface area contributed by atoms with Crippen molar-refractivity contribution in [3.63, 3.8) is 0 Å². The van der Waals surface area contributed by atoms with Gasteiger partial charge < -0.3 is 16.6 Å². The number of rotatable bonds is 5. The number of aliphatic imine (C=N–C) groups is 1. The molecule has 0 amide bonds. The van der Waals surface area contributed by atoms with E-state index in [4.69, 9.17) is 16.6 Å². The molecule has 0 bridgehead atoms. The highest BCUT2D eigenvalue weighted by molar-refractivity contribution is 5.85. The van der Waals surface area contributed by atoms with Crippen molar-refractivity contribution in [1.29, 1.82) is 0 Å². The van der Waals surface area contributed by atoms with E-state index in [1.165, 1.54) is 6.92 Å². The van der Waals surface area contributed by atoms with Gasteiger partial charge in [-0.15, -0.1) is 24.8 Å². The van der Waals surface area contributed by atoms with Crippen LogP contribution in [0.1, 0.15) is 20.3 Å². The van der Waals surface area contributed by atoms with Crippen molar-refractivity contribution >= 4 is 36.6 Å². The Kier molecular flexibility index (Phi) is 12.2. The second kappa shape index (κ2) is 9.45. The number of carboxylic acid groups (broad SMARTS) is 1. The number of amidine groups is 1. The molecule has 0 saturated heterocycles. The van der Waals surface area contributed by atoms with Crippen LogP contribution in [0.3, 0.4) is 0 Å². The molecule has 7 heteroatoms. The van der Waals surface area contributed by atoms with Crippen LogP contribution in [0.4, 0.5) is 0 Å². The quantitative estimate of drug-likeness (QED) is 0.394. The number of carboxylic acids is 1. The zero-order valence-electron chi connectivity index (χ0n) is 9.34. The molecule has 0 aromatic heterocycles. The molecular formula is C9H19Cl2N3O2. The van der Waals surface area contributed by atoms with Crippen LogP contribution in [-0.4, -0.2) is 29.0 Å². The van der Waals surface area contributed by atoms with Crippen molar-refractivity contribution in [2.75, 3.05) is 6.54 Å². The molecule has 0 aromatic rings. The van der Waals surface area contributed by atoms with Crippen molar-refractivity contribution < 1.29 is 9.90 Å². The molecule has 5 nitrogen and oxygen atoms in total. The first-order chi connectivity index (χ1) is 6.36. The summed E-state index contributed by atoms with van der Waals surface area (Å²) in [5, 5.41) is 8.68. The van der Waals surface area contributed by atoms with Gasteiger partial charge in [0.15, 0.2) is 0 Å². The van der Waals surface area contributed by atoms with E-state index in [0.29, 0.717) is 12.4 Å². The number of halogens is 2. The summed E-state index contributed by atoms with van der Waals surface area (Å²) in [6.45, 7) is 3.62. The molecule has 16 heavy (non-hydrogen) atoms. The first kappa shape index (κ1) is 20.6. The number of nitrogens with two attached hydrogens (primary N) is 2. The average molecular weight is 272 g/mol. The number of hydrogen-bond acceptors (Lipinski definition) is 3. The van der Waals surface area contributed by atoms with Gasteiger partial charge in [0.25, 0.3) is 0 Å². The summed E-state index contributed by atoms with van der Waals surface area (Å²) >= 11 is 0. The van der Waals surface area contributed by atoms with Crippen LogP contribution < -0.4 is 11.5 Å². The van der Waals surface area contributed by atoms with E-state index in [-0.39, 0.29) is 31.2 Å². The van der Waals surface area contributed by atoms with Crippen LogP contribution in [0.2, 0.25) is 0 Å². The Bertz CT molecular complexity index is 261. The van der Waals surface area contributed by atoms with Gasteiger partial charge >= 0.3 is 5.97 Å². The van der Waals surface area contributed by atoms with Crippen LogP contribution in [0.15, 0.2) is 17.1 Å². The summed E-state index contributed by atoms with van der Waals surface area (Å²) in [6.07, 6.45) is 3.71. The second-order valence-corrected chi connectivity index (χ2v) is 3.38. The van der Waals surface area contributed by atoms with Crippen LogP contribution in [-0.2, 0) is 4.79 Å². The minimum Gasteiger partial charge on any atom is -0.480 e. The first-order valence-electron chi connectivity index (χ1n) is 4.30. The average Bonchev–Trinajstić information content (AvgIpc) is 2.02. The lowest BCUT2D eigenvalue weighted by Crippen LogP contribution is -2.44. The van der Waals surface area contributed by atoms with Crippen molar-refractivity contribution in [2.45, 2.75) is 25.8 Å². The van der Waals surface area contributed by atoms with Crippen molar-refractivity contribution in [2.24, 2.45) is 16.5 Å². The highest BCUT2D eigenvalue weighted by Crippen LogP contribution is 2.06. The largest absolute Gasteiger partial charge is 0.480 e. The van der Waals surface area contributed by atoms with E-state index in [9.17, 15) is 4.79 Å². The molecule has 0 unspecified atom stereocenters. The lowest BCUT2D eigenvalue weighted by molar-refractivity contribution is -0.142. The second-order valence-electron chi connectivity index (χ2n) is 3.38. The third kappa shape index (κ3) is 9.76. The van der Waals surface area contributed by atoms with Gasteiger partial charge in [0.2, 0.25) is 0 Å². The number of hydrogen-bond donors (Lipinski definition) is 3. The predicted molar refractivity (Wildman–Crippen MR) is 70.6 cm³/mol. The maximum atomic E-state index is 10.6. The Labute approximate surface area is 108 Å². The number of aliphatic carboxylic acids is 1. The van der Waals surface area contributed by atoms with Crippen molar-refractivity contribution in [3.8, 4) is 0 Å². The minimum absolute atomic E-state index is 0. The standard InChI is InChI=1S/C9H17N3O2.2ClH/c1-7(10)12-6-4-3-5-9(2,11)8(13)14;;/h3-4H,5-6,11H2,1-2H3,(H2,10,12)(H,13,14);2*1H/b4-3+;;/t9-;;/m1../s1. The smallest absolute Gasteiger partial charge is 0.323 e. The Morgan fingerprint density at radius 2 is 1.94 bits per heavy atom. The predicted octanol–water partition coefficient (Wildman–Crippen LogP) is 0.955. The maximum absolute atomic E-state index is 10.6. The molecule has 0 heterocycles. The summed E-state index contributed by atoms with van der Waals surface area (Å²) in [4.78, 5) is 14.5.